The molecule has 0 unspecified atom stereocenters. The third-order valence-electron chi connectivity index (χ3n) is 4.00. The second-order valence-corrected chi connectivity index (χ2v) is 7.44. The van der Waals surface area contributed by atoms with Gasteiger partial charge in [-0.25, -0.2) is 4.79 Å². The van der Waals surface area contributed by atoms with Crippen LogP contribution in [0.3, 0.4) is 0 Å². The molecule has 27 heavy (non-hydrogen) atoms. The van der Waals surface area contributed by atoms with Crippen molar-refractivity contribution in [1.29, 1.82) is 0 Å². The maximum absolute atomic E-state index is 11.8. The van der Waals surface area contributed by atoms with Gasteiger partial charge in [-0.2, -0.15) is 0 Å². The van der Waals surface area contributed by atoms with Gasteiger partial charge in [-0.3, -0.25) is 4.79 Å². The molecule has 0 aliphatic carbocycles. The number of carbonyl (C=O) groups excluding carboxylic acids is 1. The first-order valence-electron chi connectivity index (χ1n) is 8.45. The predicted octanol–water partition coefficient (Wildman–Crippen LogP) is 0.658. The van der Waals surface area contributed by atoms with Crippen LogP contribution in [0.2, 0.25) is 0 Å². The molecular formula is C18H25NO8. The molecule has 0 bridgehead atoms. The van der Waals surface area contributed by atoms with E-state index in [9.17, 15) is 19.8 Å². The van der Waals surface area contributed by atoms with E-state index in [1.54, 1.807) is 26.8 Å². The quantitative estimate of drug-likeness (QED) is 0.425. The summed E-state index contributed by atoms with van der Waals surface area (Å²) in [4.78, 5) is 22.9. The molecule has 1 fully saturated rings. The summed E-state index contributed by atoms with van der Waals surface area (Å²) in [5, 5.41) is 28.8. The van der Waals surface area contributed by atoms with Crippen molar-refractivity contribution in [3.05, 3.63) is 23.8 Å². The molecule has 0 radical (unpaired) electrons. The number of rotatable bonds is 5. The van der Waals surface area contributed by atoms with Crippen molar-refractivity contribution < 1.29 is 39.1 Å². The van der Waals surface area contributed by atoms with Gasteiger partial charge in [0.05, 0.1) is 17.2 Å². The number of anilines is 1. The Morgan fingerprint density at radius 1 is 1.30 bits per heavy atom. The lowest BCUT2D eigenvalue weighted by atomic mass is 9.97. The Bertz CT molecular complexity index is 699. The van der Waals surface area contributed by atoms with Crippen LogP contribution in [0.25, 0.3) is 0 Å². The van der Waals surface area contributed by atoms with Crippen molar-refractivity contribution in [3.63, 3.8) is 0 Å². The van der Waals surface area contributed by atoms with Gasteiger partial charge in [-0.1, -0.05) is 6.07 Å². The number of hydrogen-bond acceptors (Lipinski definition) is 8. The molecule has 0 amide bonds. The minimum Gasteiger partial charge on any atom is -0.479 e. The molecular weight excluding hydrogens is 358 g/mol. The molecule has 1 saturated heterocycles. The molecule has 9 heteroatoms. The summed E-state index contributed by atoms with van der Waals surface area (Å²) < 4.78 is 15.8. The number of carboxylic acids is 1. The lowest BCUT2D eigenvalue weighted by Gasteiger charge is -2.35. The number of nitrogens with two attached hydrogens (primary N) is 1. The zero-order valence-corrected chi connectivity index (χ0v) is 15.4. The molecule has 9 nitrogen and oxygen atoms in total. The Morgan fingerprint density at radius 3 is 2.52 bits per heavy atom. The number of nitrogen functional groups attached to an aromatic ring is 1. The Balaban J connectivity index is 2.04. The molecule has 150 valence electrons. The van der Waals surface area contributed by atoms with Crippen LogP contribution in [0.4, 0.5) is 5.69 Å². The van der Waals surface area contributed by atoms with Crippen LogP contribution in [0, 0.1) is 5.41 Å². The molecule has 1 aliphatic rings. The van der Waals surface area contributed by atoms with E-state index in [0.29, 0.717) is 5.56 Å². The van der Waals surface area contributed by atoms with Gasteiger partial charge in [-0.05, 0) is 38.5 Å². The number of carbonyl (C=O) groups is 2. The number of ether oxygens (including phenoxy) is 3. The van der Waals surface area contributed by atoms with Crippen LogP contribution in [0.5, 0.6) is 5.75 Å². The third-order valence-corrected chi connectivity index (χ3v) is 4.00. The largest absolute Gasteiger partial charge is 0.479 e. The van der Waals surface area contributed by atoms with E-state index in [0.717, 1.165) is 0 Å². The molecule has 0 saturated carbocycles. The number of carboxylic acid groups (broad SMARTS) is 1. The summed E-state index contributed by atoms with van der Waals surface area (Å²) in [6, 6.07) is 4.63. The van der Waals surface area contributed by atoms with E-state index >= 15 is 0 Å². The molecule has 1 heterocycles. The minimum atomic E-state index is -1.42. The monoisotopic (exact) mass is 383 g/mol. The van der Waals surface area contributed by atoms with Gasteiger partial charge in [0.15, 0.2) is 6.10 Å². The van der Waals surface area contributed by atoms with E-state index in [-0.39, 0.29) is 30.4 Å². The van der Waals surface area contributed by atoms with Gasteiger partial charge < -0.3 is 35.3 Å². The fourth-order valence-electron chi connectivity index (χ4n) is 2.38. The highest BCUT2D eigenvalue weighted by atomic mass is 16.7. The van der Waals surface area contributed by atoms with Gasteiger partial charge in [-0.15, -0.1) is 0 Å². The van der Waals surface area contributed by atoms with Crippen LogP contribution in [-0.4, -0.2) is 51.9 Å². The topological polar surface area (TPSA) is 149 Å². The first-order chi connectivity index (χ1) is 12.5. The highest BCUT2D eigenvalue weighted by Gasteiger charge is 2.41. The average Bonchev–Trinajstić information content (AvgIpc) is 2.57. The summed E-state index contributed by atoms with van der Waals surface area (Å²) >= 11 is 0. The number of aliphatic hydroxyl groups is 2. The van der Waals surface area contributed by atoms with Crippen molar-refractivity contribution in [2.24, 2.45) is 5.41 Å². The van der Waals surface area contributed by atoms with E-state index in [1.807, 2.05) is 0 Å². The molecule has 1 aliphatic heterocycles. The van der Waals surface area contributed by atoms with Crippen molar-refractivity contribution in [2.45, 2.75) is 58.4 Å². The third kappa shape index (κ3) is 5.31. The standard InChI is InChI=1S/C18H25NO8/c1-18(2,3)17(24)25-8-9-4-5-12(10(19)6-9)26-16-14(21)11(20)7-13(27-16)15(22)23/h4-6,11,13-14,16,20-21H,7-8,19H2,1-3H3,(H,22,23)/t11-,13-,14+,16-/m0/s1. The van der Waals surface area contributed by atoms with Gasteiger partial charge >= 0.3 is 11.9 Å². The SMILES string of the molecule is CC(C)(C)C(=O)OCc1ccc(O[C@H]2O[C@H](C(=O)O)C[C@H](O)[C@H]2O)c(N)c1. The van der Waals surface area contributed by atoms with E-state index in [4.69, 9.17) is 25.1 Å². The second-order valence-electron chi connectivity index (χ2n) is 7.44. The molecule has 0 aromatic heterocycles. The Hall–Kier alpha value is -2.36. The van der Waals surface area contributed by atoms with Crippen molar-refractivity contribution >= 4 is 17.6 Å². The molecule has 0 spiro atoms. The van der Waals surface area contributed by atoms with Gasteiger partial charge in [0, 0.05) is 6.42 Å². The maximum atomic E-state index is 11.8. The molecule has 4 atom stereocenters. The second kappa shape index (κ2) is 8.12. The lowest BCUT2D eigenvalue weighted by molar-refractivity contribution is -0.238. The fraction of sp³-hybridized carbons (Fsp3) is 0.556. The molecule has 2 rings (SSSR count). The zero-order valence-electron chi connectivity index (χ0n) is 15.4. The molecule has 1 aromatic carbocycles. The number of esters is 1. The normalized spacial score (nSPS) is 25.7. The summed E-state index contributed by atoms with van der Waals surface area (Å²) in [6.07, 6.45) is -5.66. The smallest absolute Gasteiger partial charge is 0.333 e. The Morgan fingerprint density at radius 2 is 1.96 bits per heavy atom. The zero-order chi connectivity index (χ0) is 20.4. The van der Waals surface area contributed by atoms with Crippen LogP contribution >= 0.6 is 0 Å². The lowest BCUT2D eigenvalue weighted by Crippen LogP contribution is -2.52. The summed E-state index contributed by atoms with van der Waals surface area (Å²) in [7, 11) is 0. The molecule has 1 aromatic rings. The first kappa shape index (κ1) is 20.9. The number of aliphatic hydroxyl groups excluding tert-OH is 2. The van der Waals surface area contributed by atoms with Gasteiger partial charge in [0.2, 0.25) is 6.29 Å². The number of hydrogen-bond donors (Lipinski definition) is 4. The van der Waals surface area contributed by atoms with Crippen LogP contribution < -0.4 is 10.5 Å². The van der Waals surface area contributed by atoms with Crippen LogP contribution in [0.1, 0.15) is 32.8 Å². The summed E-state index contributed by atoms with van der Waals surface area (Å²) in [5.41, 5.74) is 6.12. The number of aliphatic carboxylic acids is 1. The van der Waals surface area contributed by atoms with Gasteiger partial charge in [0.1, 0.15) is 18.5 Å². The van der Waals surface area contributed by atoms with Gasteiger partial charge in [0.25, 0.3) is 0 Å². The van der Waals surface area contributed by atoms with E-state index in [1.165, 1.54) is 12.1 Å². The Kier molecular flexibility index (Phi) is 6.30. The summed E-state index contributed by atoms with van der Waals surface area (Å²) in [5.74, 6) is -1.48. The maximum Gasteiger partial charge on any atom is 0.333 e. The minimum absolute atomic E-state index is 0.0307. The highest BCUT2D eigenvalue weighted by Crippen LogP contribution is 2.29. The summed E-state index contributed by atoms with van der Waals surface area (Å²) in [6.45, 7) is 5.27. The number of benzene rings is 1. The van der Waals surface area contributed by atoms with Crippen molar-refractivity contribution in [2.75, 3.05) is 5.73 Å². The fourth-order valence-corrected chi connectivity index (χ4v) is 2.38. The van der Waals surface area contributed by atoms with Crippen LogP contribution in [0.15, 0.2) is 18.2 Å². The van der Waals surface area contributed by atoms with Crippen molar-refractivity contribution in [1.82, 2.24) is 0 Å². The van der Waals surface area contributed by atoms with E-state index in [2.05, 4.69) is 0 Å². The van der Waals surface area contributed by atoms with E-state index < -0.39 is 36.0 Å². The van der Waals surface area contributed by atoms with Crippen LogP contribution in [-0.2, 0) is 25.7 Å². The van der Waals surface area contributed by atoms with Crippen molar-refractivity contribution in [3.8, 4) is 5.75 Å². The first-order valence-corrected chi connectivity index (χ1v) is 8.45. The average molecular weight is 383 g/mol. The Labute approximate surface area is 156 Å². The molecule has 5 N–H and O–H groups in total. The predicted molar refractivity (Wildman–Crippen MR) is 93.7 cm³/mol. The highest BCUT2D eigenvalue weighted by molar-refractivity contribution is 5.75.